The molecule has 0 N–H and O–H groups in total. The molecule has 0 fully saturated rings. The molecule has 0 spiro atoms. The van der Waals surface area contributed by atoms with Crippen LogP contribution in [-0.4, -0.2) is 21.8 Å². The third kappa shape index (κ3) is 5.61. The number of hydrogen-bond acceptors (Lipinski definition) is 0. The van der Waals surface area contributed by atoms with Crippen LogP contribution < -0.4 is 20.7 Å². The number of hydrogen-bond donors (Lipinski definition) is 0. The Balaban J connectivity index is 1.02. The van der Waals surface area contributed by atoms with E-state index in [-0.39, 0.29) is 0 Å². The standard InChI is InChI=1S/C61H43N3Si/c1-42-29-36-53-50-23-12-15-27-57(50)63(59(53)39-42)44-32-38-55-52-25-13-16-28-58(52)64(61(55)41-44)45-33-37-54-51-24-11-14-26-56(51)62(60(54)40-45)43-30-34-49(35-31-43)65(46-17-5-2-6-18-46,47-19-7-3-8-20-47)48-21-9-4-10-22-48/h2-41H,1H3. The van der Waals surface area contributed by atoms with E-state index >= 15 is 0 Å². The molecule has 0 saturated heterocycles. The van der Waals surface area contributed by atoms with Gasteiger partial charge in [0.15, 0.2) is 8.07 Å². The van der Waals surface area contributed by atoms with Crippen molar-refractivity contribution in [2.45, 2.75) is 6.92 Å². The fourth-order valence-corrected chi connectivity index (χ4v) is 15.8. The third-order valence-corrected chi connectivity index (χ3v) is 18.6. The quantitative estimate of drug-likeness (QED) is 0.112. The Morgan fingerprint density at radius 1 is 0.246 bits per heavy atom. The number of benzene rings is 10. The molecule has 0 aliphatic heterocycles. The highest BCUT2D eigenvalue weighted by Crippen LogP contribution is 2.39. The molecule has 0 aliphatic rings. The normalized spacial score (nSPS) is 12.1. The highest BCUT2D eigenvalue weighted by atomic mass is 28.3. The Morgan fingerprint density at radius 3 is 0.985 bits per heavy atom. The summed E-state index contributed by atoms with van der Waals surface area (Å²) in [6.45, 7) is 2.18. The smallest absolute Gasteiger partial charge is 0.179 e. The molecule has 0 saturated carbocycles. The van der Waals surface area contributed by atoms with Gasteiger partial charge in [-0.2, -0.15) is 0 Å². The second-order valence-electron chi connectivity index (χ2n) is 17.4. The van der Waals surface area contributed by atoms with E-state index in [0.717, 1.165) is 17.1 Å². The monoisotopic (exact) mass is 845 g/mol. The van der Waals surface area contributed by atoms with Crippen LogP contribution in [0.15, 0.2) is 243 Å². The lowest BCUT2D eigenvalue weighted by molar-refractivity contribution is 1.14. The Kier molecular flexibility index (Phi) is 8.45. The van der Waals surface area contributed by atoms with Crippen LogP contribution in [0.3, 0.4) is 0 Å². The summed E-state index contributed by atoms with van der Waals surface area (Å²) < 4.78 is 7.38. The van der Waals surface area contributed by atoms with Crippen LogP contribution in [0.25, 0.3) is 82.5 Å². The van der Waals surface area contributed by atoms with Crippen molar-refractivity contribution in [3.63, 3.8) is 0 Å². The predicted octanol–water partition coefficient (Wildman–Crippen LogP) is 12.7. The van der Waals surface area contributed by atoms with Crippen LogP contribution in [0.2, 0.25) is 0 Å². The van der Waals surface area contributed by atoms with Crippen LogP contribution in [-0.2, 0) is 0 Å². The lowest BCUT2D eigenvalue weighted by Crippen LogP contribution is -2.74. The number of para-hydroxylation sites is 3. The van der Waals surface area contributed by atoms with Gasteiger partial charge in [-0.25, -0.2) is 0 Å². The molecule has 13 aromatic rings. The first kappa shape index (κ1) is 37.4. The predicted molar refractivity (Wildman–Crippen MR) is 278 cm³/mol. The first-order chi connectivity index (χ1) is 32.2. The molecule has 3 nitrogen and oxygen atoms in total. The molecular weight excluding hydrogens is 803 g/mol. The Labute approximate surface area is 378 Å². The van der Waals surface area contributed by atoms with Gasteiger partial charge in [-0.15, -0.1) is 0 Å². The molecule has 0 atom stereocenters. The number of nitrogens with zero attached hydrogens (tertiary/aromatic N) is 3. The van der Waals surface area contributed by atoms with Crippen molar-refractivity contribution in [2.75, 3.05) is 0 Å². The SMILES string of the molecule is Cc1ccc2c3ccccc3n(-c3ccc4c5ccccc5n(-c5ccc6c7ccccc7n(-c7ccc([Si](c8ccccc8)(c8ccccc8)c8ccccc8)cc7)c6c5)c4c3)c2c1. The van der Waals surface area contributed by atoms with E-state index in [1.807, 2.05) is 0 Å². The first-order valence-electron chi connectivity index (χ1n) is 22.5. The van der Waals surface area contributed by atoms with Crippen LogP contribution in [0.1, 0.15) is 5.56 Å². The van der Waals surface area contributed by atoms with Gasteiger partial charge >= 0.3 is 0 Å². The zero-order chi connectivity index (χ0) is 43.1. The van der Waals surface area contributed by atoms with Gasteiger partial charge in [0, 0.05) is 49.4 Å². The number of fused-ring (bicyclic) bond motifs is 9. The minimum absolute atomic E-state index is 1.13. The molecule has 0 unspecified atom stereocenters. The summed E-state index contributed by atoms with van der Waals surface area (Å²) in [5.74, 6) is 0. The highest BCUT2D eigenvalue weighted by Gasteiger charge is 2.41. The molecule has 4 heteroatoms. The molecule has 0 amide bonds. The molecule has 0 radical (unpaired) electrons. The van der Waals surface area contributed by atoms with Crippen LogP contribution in [0.5, 0.6) is 0 Å². The van der Waals surface area contributed by atoms with Crippen molar-refractivity contribution in [3.05, 3.63) is 248 Å². The highest BCUT2D eigenvalue weighted by molar-refractivity contribution is 7.19. The number of aromatic nitrogens is 3. The average molecular weight is 846 g/mol. The Morgan fingerprint density at radius 2 is 0.554 bits per heavy atom. The second kappa shape index (κ2) is 14.7. The van der Waals surface area contributed by atoms with E-state index in [1.165, 1.54) is 91.7 Å². The lowest BCUT2D eigenvalue weighted by atomic mass is 10.1. The van der Waals surface area contributed by atoms with Gasteiger partial charge in [-0.1, -0.05) is 182 Å². The van der Waals surface area contributed by atoms with E-state index in [9.17, 15) is 0 Å². The van der Waals surface area contributed by atoms with Gasteiger partial charge in [0.2, 0.25) is 0 Å². The van der Waals surface area contributed by atoms with Crippen LogP contribution in [0, 0.1) is 6.92 Å². The van der Waals surface area contributed by atoms with Crippen molar-refractivity contribution in [1.82, 2.24) is 13.7 Å². The zero-order valence-electron chi connectivity index (χ0n) is 35.9. The Bertz CT molecular complexity index is 3840. The Hall–Kier alpha value is -8.18. The number of aryl methyl sites for hydroxylation is 1. The van der Waals surface area contributed by atoms with E-state index < -0.39 is 8.07 Å². The maximum absolute atomic E-state index is 2.69. The van der Waals surface area contributed by atoms with Gasteiger partial charge in [0.05, 0.1) is 33.1 Å². The lowest BCUT2D eigenvalue weighted by Gasteiger charge is -2.34. The second-order valence-corrected chi connectivity index (χ2v) is 21.2. The molecular formula is C61H43N3Si. The van der Waals surface area contributed by atoms with E-state index in [2.05, 4.69) is 263 Å². The van der Waals surface area contributed by atoms with Crippen molar-refractivity contribution >= 4 is 94.2 Å². The largest absolute Gasteiger partial charge is 0.309 e. The summed E-state index contributed by atoms with van der Waals surface area (Å²) in [5, 5.41) is 13.0. The summed E-state index contributed by atoms with van der Waals surface area (Å²) in [4.78, 5) is 0. The first-order valence-corrected chi connectivity index (χ1v) is 24.5. The molecule has 306 valence electrons. The van der Waals surface area contributed by atoms with Crippen molar-refractivity contribution in [3.8, 4) is 17.1 Å². The van der Waals surface area contributed by atoms with Crippen LogP contribution >= 0.6 is 0 Å². The fraction of sp³-hybridized carbons (Fsp3) is 0.0164. The molecule has 65 heavy (non-hydrogen) atoms. The maximum Gasteiger partial charge on any atom is 0.179 e. The van der Waals surface area contributed by atoms with E-state index in [1.54, 1.807) is 0 Å². The molecule has 3 heterocycles. The van der Waals surface area contributed by atoms with E-state index in [4.69, 9.17) is 0 Å². The average Bonchev–Trinajstić information content (AvgIpc) is 4.00. The minimum Gasteiger partial charge on any atom is -0.309 e. The minimum atomic E-state index is -2.69. The summed E-state index contributed by atoms with van der Waals surface area (Å²) in [5.41, 5.74) is 11.8. The molecule has 10 aromatic carbocycles. The molecule has 13 rings (SSSR count). The van der Waals surface area contributed by atoms with Crippen molar-refractivity contribution in [2.24, 2.45) is 0 Å². The molecule has 3 aromatic heterocycles. The van der Waals surface area contributed by atoms with Crippen molar-refractivity contribution in [1.29, 1.82) is 0 Å². The van der Waals surface area contributed by atoms with Crippen LogP contribution in [0.4, 0.5) is 0 Å². The topological polar surface area (TPSA) is 14.8 Å². The molecule has 0 aliphatic carbocycles. The van der Waals surface area contributed by atoms with Gasteiger partial charge in [0.1, 0.15) is 0 Å². The number of rotatable bonds is 7. The van der Waals surface area contributed by atoms with Gasteiger partial charge in [-0.3, -0.25) is 0 Å². The van der Waals surface area contributed by atoms with E-state index in [0.29, 0.717) is 0 Å². The maximum atomic E-state index is 2.47. The van der Waals surface area contributed by atoms with Gasteiger partial charge < -0.3 is 13.7 Å². The van der Waals surface area contributed by atoms with Crippen molar-refractivity contribution < 1.29 is 0 Å². The fourth-order valence-electron chi connectivity index (χ4n) is 11.0. The summed E-state index contributed by atoms with van der Waals surface area (Å²) in [6.07, 6.45) is 0. The third-order valence-electron chi connectivity index (χ3n) is 13.8. The molecule has 0 bridgehead atoms. The summed E-state index contributed by atoms with van der Waals surface area (Å²) in [6, 6.07) is 90.4. The summed E-state index contributed by atoms with van der Waals surface area (Å²) >= 11 is 0. The summed E-state index contributed by atoms with van der Waals surface area (Å²) in [7, 11) is -2.69. The zero-order valence-corrected chi connectivity index (χ0v) is 36.9. The van der Waals surface area contributed by atoms with Gasteiger partial charge in [-0.05, 0) is 93.9 Å². The van der Waals surface area contributed by atoms with Gasteiger partial charge in [0.25, 0.3) is 0 Å².